The van der Waals surface area contributed by atoms with E-state index in [-0.39, 0.29) is 17.5 Å². The lowest BCUT2D eigenvalue weighted by Gasteiger charge is -2.43. The van der Waals surface area contributed by atoms with E-state index in [2.05, 4.69) is 104 Å². The number of para-hydroxylation sites is 1. The highest BCUT2D eigenvalue weighted by molar-refractivity contribution is 5.86. The van der Waals surface area contributed by atoms with Gasteiger partial charge in [-0.05, 0) is 69.8 Å². The van der Waals surface area contributed by atoms with E-state index in [4.69, 9.17) is 0 Å². The molecular weight excluding hydrogens is 442 g/mol. The van der Waals surface area contributed by atoms with E-state index >= 15 is 0 Å². The van der Waals surface area contributed by atoms with Crippen LogP contribution in [0, 0.1) is 5.92 Å². The van der Waals surface area contributed by atoms with Gasteiger partial charge in [0, 0.05) is 34.6 Å². The van der Waals surface area contributed by atoms with Gasteiger partial charge in [0.15, 0.2) is 0 Å². The molecule has 0 fully saturated rings. The fourth-order valence-electron chi connectivity index (χ4n) is 6.52. The van der Waals surface area contributed by atoms with Crippen molar-refractivity contribution in [3.8, 4) is 0 Å². The fourth-order valence-corrected chi connectivity index (χ4v) is 6.52. The van der Waals surface area contributed by atoms with Crippen LogP contribution in [0.1, 0.15) is 88.6 Å². The van der Waals surface area contributed by atoms with Gasteiger partial charge < -0.3 is 9.88 Å². The zero-order valence-corrected chi connectivity index (χ0v) is 23.0. The summed E-state index contributed by atoms with van der Waals surface area (Å²) in [5.74, 6) is 0.476. The molecule has 0 radical (unpaired) electrons. The number of H-pyrrole nitrogens is 1. The number of carbonyl (C=O) groups excluding carboxylic acids is 1. The smallest absolute Gasteiger partial charge is 0.226 e. The Balaban J connectivity index is 1.72. The number of rotatable bonds is 11. The molecule has 36 heavy (non-hydrogen) atoms. The Hall–Kier alpha value is -2.59. The summed E-state index contributed by atoms with van der Waals surface area (Å²) in [6, 6.07) is 19.6. The number of hydrogen-bond acceptors (Lipinski definition) is 2. The average molecular weight is 488 g/mol. The molecule has 1 amide bonds. The van der Waals surface area contributed by atoms with Gasteiger partial charge in [-0.15, -0.1) is 0 Å². The zero-order valence-electron chi connectivity index (χ0n) is 23.0. The lowest BCUT2D eigenvalue weighted by molar-refractivity contribution is -0.139. The maximum atomic E-state index is 14.0. The number of carbonyl (C=O) groups is 1. The Morgan fingerprint density at radius 3 is 2.47 bits per heavy atom. The van der Waals surface area contributed by atoms with Crippen LogP contribution >= 0.6 is 0 Å². The van der Waals surface area contributed by atoms with Crippen molar-refractivity contribution in [3.05, 3.63) is 71.4 Å². The number of fused-ring (bicyclic) bond motifs is 3. The van der Waals surface area contributed by atoms with Gasteiger partial charge in [0.2, 0.25) is 5.91 Å². The maximum absolute atomic E-state index is 14.0. The molecule has 3 unspecified atom stereocenters. The van der Waals surface area contributed by atoms with Gasteiger partial charge in [-0.3, -0.25) is 9.69 Å². The Kier molecular flexibility index (Phi) is 8.56. The van der Waals surface area contributed by atoms with Crippen LogP contribution in [-0.2, 0) is 16.8 Å². The molecule has 3 atom stereocenters. The molecule has 1 aromatic heterocycles. The van der Waals surface area contributed by atoms with Crippen LogP contribution in [0.2, 0.25) is 0 Å². The third kappa shape index (κ3) is 4.98. The third-order valence-corrected chi connectivity index (χ3v) is 8.77. The first-order valence-corrected chi connectivity index (χ1v) is 14.1. The number of aromatic nitrogens is 1. The number of amides is 1. The molecule has 0 saturated heterocycles. The molecule has 0 spiro atoms. The highest BCUT2D eigenvalue weighted by Crippen LogP contribution is 2.42. The highest BCUT2D eigenvalue weighted by Gasteiger charge is 2.39. The standard InChI is InChI=1S/C32H45N3O/c1-6-9-15-24(7-2)31(36)35-23-21-27-26-18-13-14-19-28(26)33-30(27)29(35)20-22-32(8-3,34(4)5)25-16-11-10-12-17-25/h10-14,16-19,24,29,33H,6-9,15,20-23H2,1-5H3. The van der Waals surface area contributed by atoms with E-state index in [1.54, 1.807) is 0 Å². The van der Waals surface area contributed by atoms with Gasteiger partial charge in [-0.2, -0.15) is 0 Å². The van der Waals surface area contributed by atoms with Crippen molar-refractivity contribution < 1.29 is 4.79 Å². The van der Waals surface area contributed by atoms with Gasteiger partial charge in [-0.1, -0.05) is 82.1 Å². The average Bonchev–Trinajstić information content (AvgIpc) is 3.29. The van der Waals surface area contributed by atoms with Crippen LogP contribution in [-0.4, -0.2) is 41.3 Å². The van der Waals surface area contributed by atoms with E-state index in [1.165, 1.54) is 27.7 Å². The van der Waals surface area contributed by atoms with Crippen molar-refractivity contribution in [2.75, 3.05) is 20.6 Å². The van der Waals surface area contributed by atoms with Crippen molar-refractivity contribution in [2.45, 2.75) is 83.7 Å². The third-order valence-electron chi connectivity index (χ3n) is 8.77. The molecule has 4 nitrogen and oxygen atoms in total. The monoisotopic (exact) mass is 487 g/mol. The van der Waals surface area contributed by atoms with Gasteiger partial charge in [0.1, 0.15) is 0 Å². The lowest BCUT2D eigenvalue weighted by atomic mass is 9.79. The van der Waals surface area contributed by atoms with Crippen molar-refractivity contribution in [1.82, 2.24) is 14.8 Å². The Morgan fingerprint density at radius 2 is 1.81 bits per heavy atom. The molecule has 1 aliphatic rings. The summed E-state index contributed by atoms with van der Waals surface area (Å²) in [4.78, 5) is 22.4. The van der Waals surface area contributed by atoms with Crippen LogP contribution in [0.25, 0.3) is 10.9 Å². The summed E-state index contributed by atoms with van der Waals surface area (Å²) in [6.07, 6.45) is 8.06. The molecule has 0 bridgehead atoms. The van der Waals surface area contributed by atoms with E-state index in [9.17, 15) is 4.79 Å². The van der Waals surface area contributed by atoms with Crippen LogP contribution in [0.15, 0.2) is 54.6 Å². The van der Waals surface area contributed by atoms with E-state index in [0.29, 0.717) is 5.91 Å². The topological polar surface area (TPSA) is 39.3 Å². The van der Waals surface area contributed by atoms with Gasteiger partial charge in [0.05, 0.1) is 6.04 Å². The van der Waals surface area contributed by atoms with E-state index < -0.39 is 0 Å². The summed E-state index contributed by atoms with van der Waals surface area (Å²) < 4.78 is 0. The van der Waals surface area contributed by atoms with Gasteiger partial charge in [-0.25, -0.2) is 0 Å². The van der Waals surface area contributed by atoms with Gasteiger partial charge >= 0.3 is 0 Å². The minimum Gasteiger partial charge on any atom is -0.356 e. The molecule has 3 aromatic rings. The van der Waals surface area contributed by atoms with Crippen molar-refractivity contribution in [3.63, 3.8) is 0 Å². The molecule has 0 saturated carbocycles. The second-order valence-corrected chi connectivity index (χ2v) is 10.8. The van der Waals surface area contributed by atoms with Crippen molar-refractivity contribution >= 4 is 16.8 Å². The molecule has 2 heterocycles. The molecule has 0 aliphatic carbocycles. The zero-order chi connectivity index (χ0) is 25.7. The minimum atomic E-state index is -0.0635. The highest BCUT2D eigenvalue weighted by atomic mass is 16.2. The SMILES string of the molecule is CCCCC(CC)C(=O)N1CCc2c([nH]c3ccccc23)C1CCC(CC)(c1ccccc1)N(C)C. The molecule has 4 rings (SSSR count). The number of benzene rings is 2. The number of unbranched alkanes of at least 4 members (excludes halogenated alkanes) is 1. The number of nitrogens with zero attached hydrogens (tertiary/aromatic N) is 2. The first kappa shape index (κ1) is 26.5. The van der Waals surface area contributed by atoms with E-state index in [0.717, 1.165) is 57.9 Å². The number of hydrogen-bond donors (Lipinski definition) is 1. The largest absolute Gasteiger partial charge is 0.356 e. The summed E-state index contributed by atoms with van der Waals surface area (Å²) in [5, 5.41) is 1.32. The summed E-state index contributed by atoms with van der Waals surface area (Å²) in [7, 11) is 4.40. The molecule has 1 aliphatic heterocycles. The van der Waals surface area contributed by atoms with Crippen LogP contribution < -0.4 is 0 Å². The molecule has 4 heteroatoms. The molecular formula is C32H45N3O. The summed E-state index contributed by atoms with van der Waals surface area (Å²) in [6.45, 7) is 7.50. The summed E-state index contributed by atoms with van der Waals surface area (Å²) >= 11 is 0. The predicted octanol–water partition coefficient (Wildman–Crippen LogP) is 7.46. The maximum Gasteiger partial charge on any atom is 0.226 e. The lowest BCUT2D eigenvalue weighted by Crippen LogP contribution is -2.45. The first-order valence-electron chi connectivity index (χ1n) is 14.1. The number of aromatic amines is 1. The Morgan fingerprint density at radius 1 is 1.08 bits per heavy atom. The van der Waals surface area contributed by atoms with E-state index in [1.807, 2.05) is 0 Å². The fraction of sp³-hybridized carbons (Fsp3) is 0.531. The quantitative estimate of drug-likeness (QED) is 0.305. The first-order chi connectivity index (χ1) is 17.5. The van der Waals surface area contributed by atoms with Crippen molar-refractivity contribution in [2.24, 2.45) is 5.92 Å². The van der Waals surface area contributed by atoms with Gasteiger partial charge in [0.25, 0.3) is 0 Å². The second-order valence-electron chi connectivity index (χ2n) is 10.8. The second kappa shape index (κ2) is 11.6. The normalized spacial score (nSPS) is 18.3. The van der Waals surface area contributed by atoms with Crippen LogP contribution in [0.4, 0.5) is 0 Å². The molecule has 1 N–H and O–H groups in total. The number of nitrogens with one attached hydrogen (secondary N) is 1. The van der Waals surface area contributed by atoms with Crippen LogP contribution in [0.5, 0.6) is 0 Å². The Bertz CT molecular complexity index is 1130. The minimum absolute atomic E-state index is 0.0635. The summed E-state index contributed by atoms with van der Waals surface area (Å²) in [5.41, 5.74) is 5.16. The predicted molar refractivity (Wildman–Crippen MR) is 151 cm³/mol. The van der Waals surface area contributed by atoms with Crippen LogP contribution in [0.3, 0.4) is 0 Å². The molecule has 194 valence electrons. The van der Waals surface area contributed by atoms with Crippen molar-refractivity contribution in [1.29, 1.82) is 0 Å². The Labute approximate surface area is 218 Å². The molecule has 2 aromatic carbocycles.